The quantitative estimate of drug-likeness (QED) is 0.570. The van der Waals surface area contributed by atoms with Crippen molar-refractivity contribution in [3.8, 4) is 11.6 Å². The van der Waals surface area contributed by atoms with Crippen molar-refractivity contribution in [2.45, 2.75) is 0 Å². The molecule has 0 spiro atoms. The van der Waals surface area contributed by atoms with Gasteiger partial charge in [0.1, 0.15) is 6.61 Å². The molecule has 0 radical (unpaired) electrons. The first-order valence-electron chi connectivity index (χ1n) is 3.40. The summed E-state index contributed by atoms with van der Waals surface area (Å²) in [6.45, 7) is -0.0574. The molecular formula is C7H9NO4. The number of hydrogen-bond donors (Lipinski definition) is 3. The van der Waals surface area contributed by atoms with Crippen molar-refractivity contribution in [3.63, 3.8) is 0 Å². The van der Waals surface area contributed by atoms with Crippen molar-refractivity contribution in [2.24, 2.45) is 0 Å². The van der Waals surface area contributed by atoms with Crippen molar-refractivity contribution < 1.29 is 14.9 Å². The van der Waals surface area contributed by atoms with Crippen LogP contribution in [0, 0.1) is 0 Å². The van der Waals surface area contributed by atoms with Crippen molar-refractivity contribution in [3.05, 3.63) is 22.5 Å². The Labute approximate surface area is 68.2 Å². The second-order valence-electron chi connectivity index (χ2n) is 2.11. The zero-order valence-electron chi connectivity index (χ0n) is 6.28. The number of hydrogen-bond acceptors (Lipinski definition) is 4. The molecule has 0 unspecified atom stereocenters. The van der Waals surface area contributed by atoms with E-state index < -0.39 is 5.56 Å². The van der Waals surface area contributed by atoms with E-state index in [4.69, 9.17) is 14.9 Å². The first-order valence-corrected chi connectivity index (χ1v) is 3.40. The molecule has 1 aromatic rings. The molecular weight excluding hydrogens is 162 g/mol. The standard InChI is InChI=1S/C7H9NO4/c9-3-4-12-5-1-2-6(10)8-7(5)11/h1-2,9H,3-4H2,(H2,8,10,11). The third kappa shape index (κ3) is 2.00. The largest absolute Gasteiger partial charge is 0.492 e. The Morgan fingerprint density at radius 3 is 2.83 bits per heavy atom. The number of H-pyrrole nitrogens is 1. The molecule has 0 saturated carbocycles. The molecule has 0 aliphatic heterocycles. The zero-order valence-corrected chi connectivity index (χ0v) is 6.28. The van der Waals surface area contributed by atoms with Gasteiger partial charge < -0.3 is 14.9 Å². The van der Waals surface area contributed by atoms with Crippen LogP contribution in [0.5, 0.6) is 11.6 Å². The second-order valence-corrected chi connectivity index (χ2v) is 2.11. The molecule has 0 aliphatic carbocycles. The molecule has 12 heavy (non-hydrogen) atoms. The average Bonchev–Trinajstić information content (AvgIpc) is 2.03. The van der Waals surface area contributed by atoms with E-state index in [1.165, 1.54) is 12.1 Å². The minimum atomic E-state index is -0.399. The Balaban J connectivity index is 2.79. The van der Waals surface area contributed by atoms with Crippen LogP contribution in [0.2, 0.25) is 0 Å². The molecule has 1 rings (SSSR count). The molecule has 0 aromatic carbocycles. The Morgan fingerprint density at radius 2 is 2.25 bits per heavy atom. The highest BCUT2D eigenvalue weighted by molar-refractivity contribution is 5.30. The lowest BCUT2D eigenvalue weighted by molar-refractivity contribution is 0.196. The van der Waals surface area contributed by atoms with E-state index in [0.29, 0.717) is 0 Å². The lowest BCUT2D eigenvalue weighted by atomic mass is 10.4. The number of nitrogens with one attached hydrogen (secondary N) is 1. The van der Waals surface area contributed by atoms with Crippen LogP contribution < -0.4 is 10.3 Å². The summed E-state index contributed by atoms with van der Waals surface area (Å²) in [4.78, 5) is 12.7. The van der Waals surface area contributed by atoms with E-state index in [2.05, 4.69) is 4.98 Å². The van der Waals surface area contributed by atoms with Gasteiger partial charge in [0.2, 0.25) is 5.88 Å². The van der Waals surface area contributed by atoms with Gasteiger partial charge in [-0.05, 0) is 6.07 Å². The average molecular weight is 171 g/mol. The molecule has 0 fully saturated rings. The summed E-state index contributed by atoms with van der Waals surface area (Å²) in [6.07, 6.45) is 0. The first kappa shape index (κ1) is 8.61. The van der Waals surface area contributed by atoms with Gasteiger partial charge in [-0.25, -0.2) is 0 Å². The molecule has 0 amide bonds. The highest BCUT2D eigenvalue weighted by atomic mass is 16.5. The lowest BCUT2D eigenvalue weighted by Crippen LogP contribution is -2.06. The van der Waals surface area contributed by atoms with Crippen molar-refractivity contribution in [2.75, 3.05) is 13.2 Å². The number of aliphatic hydroxyl groups is 1. The Kier molecular flexibility index (Phi) is 2.71. The van der Waals surface area contributed by atoms with Gasteiger partial charge in [0.05, 0.1) is 6.61 Å². The number of aromatic hydroxyl groups is 1. The smallest absolute Gasteiger partial charge is 0.250 e. The number of pyridine rings is 1. The summed E-state index contributed by atoms with van der Waals surface area (Å²) in [5.41, 5.74) is -0.399. The fraction of sp³-hybridized carbons (Fsp3) is 0.286. The highest BCUT2D eigenvalue weighted by Crippen LogP contribution is 2.19. The molecule has 0 bridgehead atoms. The van der Waals surface area contributed by atoms with Gasteiger partial charge >= 0.3 is 0 Å². The van der Waals surface area contributed by atoms with Gasteiger partial charge in [0.25, 0.3) is 5.56 Å². The van der Waals surface area contributed by atoms with E-state index in [-0.39, 0.29) is 24.8 Å². The molecule has 0 aliphatic rings. The number of aromatic nitrogens is 1. The first-order chi connectivity index (χ1) is 5.74. The van der Waals surface area contributed by atoms with Crippen molar-refractivity contribution in [1.82, 2.24) is 4.98 Å². The van der Waals surface area contributed by atoms with Gasteiger partial charge in [-0.1, -0.05) is 0 Å². The normalized spacial score (nSPS) is 9.75. The van der Waals surface area contributed by atoms with Crippen LogP contribution in [0.4, 0.5) is 0 Å². The molecule has 0 atom stereocenters. The van der Waals surface area contributed by atoms with Crippen LogP contribution in [0.25, 0.3) is 0 Å². The van der Waals surface area contributed by atoms with Crippen LogP contribution in [0.15, 0.2) is 16.9 Å². The lowest BCUT2D eigenvalue weighted by Gasteiger charge is -2.04. The van der Waals surface area contributed by atoms with E-state index in [0.717, 1.165) is 0 Å². The van der Waals surface area contributed by atoms with Crippen LogP contribution in [-0.4, -0.2) is 28.4 Å². The Hall–Kier alpha value is -1.49. The van der Waals surface area contributed by atoms with E-state index in [9.17, 15) is 4.79 Å². The van der Waals surface area contributed by atoms with Gasteiger partial charge in [-0.15, -0.1) is 0 Å². The van der Waals surface area contributed by atoms with Gasteiger partial charge in [0, 0.05) is 6.07 Å². The van der Waals surface area contributed by atoms with Gasteiger partial charge in [0.15, 0.2) is 5.75 Å². The van der Waals surface area contributed by atoms with Crippen LogP contribution in [0.3, 0.4) is 0 Å². The molecule has 3 N–H and O–H groups in total. The molecule has 66 valence electrons. The van der Waals surface area contributed by atoms with Crippen molar-refractivity contribution >= 4 is 0 Å². The topological polar surface area (TPSA) is 82.6 Å². The van der Waals surface area contributed by atoms with Gasteiger partial charge in [-0.2, -0.15) is 0 Å². The highest BCUT2D eigenvalue weighted by Gasteiger charge is 2.00. The zero-order chi connectivity index (χ0) is 8.97. The fourth-order valence-electron chi connectivity index (χ4n) is 0.722. The summed E-state index contributed by atoms with van der Waals surface area (Å²) >= 11 is 0. The number of rotatable bonds is 3. The fourth-order valence-corrected chi connectivity index (χ4v) is 0.722. The minimum absolute atomic E-state index is 0.0829. The number of aromatic amines is 1. The Bertz CT molecular complexity index is 307. The molecule has 1 aromatic heterocycles. The molecule has 0 saturated heterocycles. The van der Waals surface area contributed by atoms with E-state index in [1.807, 2.05) is 0 Å². The van der Waals surface area contributed by atoms with E-state index >= 15 is 0 Å². The third-order valence-corrected chi connectivity index (χ3v) is 1.21. The number of ether oxygens (including phenoxy) is 1. The predicted molar refractivity (Wildman–Crippen MR) is 41.3 cm³/mol. The van der Waals surface area contributed by atoms with Crippen LogP contribution >= 0.6 is 0 Å². The summed E-state index contributed by atoms with van der Waals surface area (Å²) in [7, 11) is 0. The second kappa shape index (κ2) is 3.77. The van der Waals surface area contributed by atoms with Crippen molar-refractivity contribution in [1.29, 1.82) is 0 Å². The third-order valence-electron chi connectivity index (χ3n) is 1.21. The maximum absolute atomic E-state index is 10.6. The SMILES string of the molecule is O=c1ccc(OCCO)c(O)[nH]1. The van der Waals surface area contributed by atoms with Crippen LogP contribution in [-0.2, 0) is 0 Å². The Morgan fingerprint density at radius 1 is 1.50 bits per heavy atom. The van der Waals surface area contributed by atoms with Crippen LogP contribution in [0.1, 0.15) is 0 Å². The molecule has 5 nitrogen and oxygen atoms in total. The summed E-state index contributed by atoms with van der Waals surface area (Å²) in [5, 5.41) is 17.5. The summed E-state index contributed by atoms with van der Waals surface area (Å²) in [6, 6.07) is 2.57. The maximum Gasteiger partial charge on any atom is 0.250 e. The monoisotopic (exact) mass is 171 g/mol. The van der Waals surface area contributed by atoms with E-state index in [1.54, 1.807) is 0 Å². The molecule has 5 heteroatoms. The number of aliphatic hydroxyl groups excluding tert-OH is 1. The molecule has 1 heterocycles. The predicted octanol–water partition coefficient (Wildman–Crippen LogP) is -0.548. The summed E-state index contributed by atoms with van der Waals surface area (Å²) in [5.74, 6) is -0.167. The minimum Gasteiger partial charge on any atom is -0.492 e. The maximum atomic E-state index is 10.6. The summed E-state index contributed by atoms with van der Waals surface area (Å²) < 4.78 is 4.87. The van der Waals surface area contributed by atoms with Gasteiger partial charge in [-0.3, -0.25) is 9.78 Å².